The van der Waals surface area contributed by atoms with E-state index in [1.165, 1.54) is 32.1 Å². The van der Waals surface area contributed by atoms with Crippen molar-refractivity contribution in [2.45, 2.75) is 57.3 Å². The zero-order valence-electron chi connectivity index (χ0n) is 19.2. The summed E-state index contributed by atoms with van der Waals surface area (Å²) < 4.78 is 0. The first-order chi connectivity index (χ1) is 15.7. The van der Waals surface area contributed by atoms with Crippen molar-refractivity contribution in [2.75, 3.05) is 0 Å². The minimum Gasteiger partial charge on any atom is -0.366 e. The molecule has 2 heteroatoms. The second-order valence-electron chi connectivity index (χ2n) is 8.39. The molecule has 0 aliphatic carbocycles. The van der Waals surface area contributed by atoms with Crippen LogP contribution in [0.3, 0.4) is 0 Å². The van der Waals surface area contributed by atoms with E-state index >= 15 is 0 Å². The predicted molar refractivity (Wildman–Crippen MR) is 134 cm³/mol. The molecule has 0 atom stereocenters. The zero-order valence-corrected chi connectivity index (χ0v) is 19.2. The van der Waals surface area contributed by atoms with Crippen LogP contribution in [0.2, 0.25) is 0 Å². The Morgan fingerprint density at radius 3 is 1.50 bits per heavy atom. The lowest BCUT2D eigenvalue weighted by Gasteiger charge is -2.37. The van der Waals surface area contributed by atoms with Crippen molar-refractivity contribution in [3.8, 4) is 0 Å². The molecular formula is C30H35NO. The van der Waals surface area contributed by atoms with Crippen molar-refractivity contribution in [1.82, 2.24) is 0 Å². The Labute approximate surface area is 193 Å². The monoisotopic (exact) mass is 425 g/mol. The molecule has 0 spiro atoms. The molecule has 2 N–H and O–H groups in total. The van der Waals surface area contributed by atoms with E-state index in [0.717, 1.165) is 29.5 Å². The van der Waals surface area contributed by atoms with E-state index in [1.54, 1.807) is 0 Å². The first-order valence-corrected chi connectivity index (χ1v) is 11.9. The van der Waals surface area contributed by atoms with Gasteiger partial charge in [-0.05, 0) is 29.5 Å². The standard InChI is InChI=1S/C30H35NO/c1-2-3-4-5-6-7-17-24-28(29(31)32)30(25-18-11-8-12-19-25,26-20-13-9-14-21-26)27-22-15-10-16-23-27/h8-16,18-24H,2-7,17H2,1H3,(H2,31,32). The average molecular weight is 426 g/mol. The number of unbranched alkanes of at least 4 members (excludes halogenated alkanes) is 6. The summed E-state index contributed by atoms with van der Waals surface area (Å²) in [5.41, 5.74) is 9.14. The molecule has 3 aromatic rings. The number of carbonyl (C=O) groups excluding carboxylic acids is 1. The summed E-state index contributed by atoms with van der Waals surface area (Å²) in [4.78, 5) is 13.0. The lowest BCUT2D eigenvalue weighted by atomic mass is 9.64. The zero-order chi connectivity index (χ0) is 22.7. The molecule has 166 valence electrons. The van der Waals surface area contributed by atoms with E-state index in [0.29, 0.717) is 5.57 Å². The number of hydrogen-bond acceptors (Lipinski definition) is 1. The molecule has 0 radical (unpaired) electrons. The van der Waals surface area contributed by atoms with E-state index in [2.05, 4.69) is 49.4 Å². The fourth-order valence-electron chi connectivity index (χ4n) is 4.64. The summed E-state index contributed by atoms with van der Waals surface area (Å²) in [5, 5.41) is 0. The SMILES string of the molecule is CCCCCCCCC=C(C(N)=O)C(c1ccccc1)(c1ccccc1)c1ccccc1. The minimum absolute atomic E-state index is 0.368. The maximum atomic E-state index is 13.0. The van der Waals surface area contributed by atoms with Crippen molar-refractivity contribution in [3.63, 3.8) is 0 Å². The number of primary amides is 1. The predicted octanol–water partition coefficient (Wildman–Crippen LogP) is 7.18. The Bertz CT molecular complexity index is 880. The van der Waals surface area contributed by atoms with Crippen molar-refractivity contribution in [1.29, 1.82) is 0 Å². The summed E-state index contributed by atoms with van der Waals surface area (Å²) >= 11 is 0. The quantitative estimate of drug-likeness (QED) is 0.186. The van der Waals surface area contributed by atoms with Gasteiger partial charge in [-0.15, -0.1) is 0 Å². The number of allylic oxidation sites excluding steroid dienone is 1. The molecule has 0 fully saturated rings. The van der Waals surface area contributed by atoms with Gasteiger partial charge in [-0.3, -0.25) is 4.79 Å². The number of benzene rings is 3. The van der Waals surface area contributed by atoms with Gasteiger partial charge in [-0.1, -0.05) is 136 Å². The van der Waals surface area contributed by atoms with Crippen molar-refractivity contribution < 1.29 is 4.79 Å². The third-order valence-electron chi connectivity index (χ3n) is 6.20. The second kappa shape index (κ2) is 12.0. The minimum atomic E-state index is -0.752. The smallest absolute Gasteiger partial charge is 0.245 e. The Morgan fingerprint density at radius 1 is 0.688 bits per heavy atom. The van der Waals surface area contributed by atoms with E-state index < -0.39 is 5.41 Å². The Hall–Kier alpha value is -3.13. The summed E-state index contributed by atoms with van der Waals surface area (Å²) in [5.74, 6) is -0.368. The molecule has 3 aromatic carbocycles. The van der Waals surface area contributed by atoms with Crippen LogP contribution in [-0.2, 0) is 10.2 Å². The molecule has 2 nitrogen and oxygen atoms in total. The molecule has 0 saturated heterocycles. The number of nitrogens with two attached hydrogens (primary N) is 1. The molecule has 0 heterocycles. The van der Waals surface area contributed by atoms with E-state index in [-0.39, 0.29) is 5.91 Å². The number of rotatable bonds is 12. The van der Waals surface area contributed by atoms with E-state index in [9.17, 15) is 4.79 Å². The molecule has 0 aromatic heterocycles. The van der Waals surface area contributed by atoms with Gasteiger partial charge in [0.25, 0.3) is 0 Å². The van der Waals surface area contributed by atoms with Gasteiger partial charge in [0, 0.05) is 5.57 Å². The van der Waals surface area contributed by atoms with E-state index in [4.69, 9.17) is 5.73 Å². The highest BCUT2D eigenvalue weighted by molar-refractivity contribution is 5.97. The maximum absolute atomic E-state index is 13.0. The molecule has 3 rings (SSSR count). The number of amides is 1. The van der Waals surface area contributed by atoms with Crippen LogP contribution in [0, 0.1) is 0 Å². The Kier molecular flexibility index (Phi) is 8.86. The van der Waals surface area contributed by atoms with Crippen LogP contribution in [-0.4, -0.2) is 5.91 Å². The summed E-state index contributed by atoms with van der Waals surface area (Å²) in [6, 6.07) is 30.8. The first-order valence-electron chi connectivity index (χ1n) is 11.9. The average Bonchev–Trinajstić information content (AvgIpc) is 2.84. The lowest BCUT2D eigenvalue weighted by molar-refractivity contribution is -0.115. The summed E-state index contributed by atoms with van der Waals surface area (Å²) in [7, 11) is 0. The van der Waals surface area contributed by atoms with Crippen LogP contribution in [0.15, 0.2) is 103 Å². The molecule has 32 heavy (non-hydrogen) atoms. The first kappa shape index (κ1) is 23.5. The van der Waals surface area contributed by atoms with Crippen LogP contribution >= 0.6 is 0 Å². The highest BCUT2D eigenvalue weighted by atomic mass is 16.1. The highest BCUT2D eigenvalue weighted by Crippen LogP contribution is 2.45. The second-order valence-corrected chi connectivity index (χ2v) is 8.39. The molecule has 0 saturated carbocycles. The van der Waals surface area contributed by atoms with Crippen molar-refractivity contribution in [3.05, 3.63) is 119 Å². The van der Waals surface area contributed by atoms with Gasteiger partial charge in [0.1, 0.15) is 0 Å². The van der Waals surface area contributed by atoms with Gasteiger partial charge in [-0.25, -0.2) is 0 Å². The number of hydrogen-bond donors (Lipinski definition) is 1. The lowest BCUT2D eigenvalue weighted by Crippen LogP contribution is -2.38. The third-order valence-corrected chi connectivity index (χ3v) is 6.20. The normalized spacial score (nSPS) is 12.0. The molecule has 0 aliphatic heterocycles. The van der Waals surface area contributed by atoms with Gasteiger partial charge < -0.3 is 5.73 Å². The molecule has 0 unspecified atom stereocenters. The van der Waals surface area contributed by atoms with Crippen LogP contribution < -0.4 is 5.73 Å². The number of carbonyl (C=O) groups is 1. The van der Waals surface area contributed by atoms with Gasteiger partial charge in [0.15, 0.2) is 0 Å². The Balaban J connectivity index is 2.11. The largest absolute Gasteiger partial charge is 0.366 e. The van der Waals surface area contributed by atoms with Crippen LogP contribution in [0.5, 0.6) is 0 Å². The molecule has 1 amide bonds. The fourth-order valence-corrected chi connectivity index (χ4v) is 4.64. The molecular weight excluding hydrogens is 390 g/mol. The van der Waals surface area contributed by atoms with Crippen LogP contribution in [0.25, 0.3) is 0 Å². The van der Waals surface area contributed by atoms with Gasteiger partial charge in [0.05, 0.1) is 5.41 Å². The fraction of sp³-hybridized carbons (Fsp3) is 0.300. The maximum Gasteiger partial charge on any atom is 0.245 e. The summed E-state index contributed by atoms with van der Waals surface area (Å²) in [6.45, 7) is 2.23. The van der Waals surface area contributed by atoms with Crippen LogP contribution in [0.1, 0.15) is 68.6 Å². The third kappa shape index (κ3) is 5.37. The van der Waals surface area contributed by atoms with Crippen molar-refractivity contribution in [2.24, 2.45) is 5.73 Å². The van der Waals surface area contributed by atoms with Gasteiger partial charge in [0.2, 0.25) is 5.91 Å². The summed E-state index contributed by atoms with van der Waals surface area (Å²) in [6.07, 6.45) is 10.3. The van der Waals surface area contributed by atoms with Crippen LogP contribution in [0.4, 0.5) is 0 Å². The topological polar surface area (TPSA) is 43.1 Å². The highest BCUT2D eigenvalue weighted by Gasteiger charge is 2.42. The Morgan fingerprint density at radius 2 is 1.09 bits per heavy atom. The van der Waals surface area contributed by atoms with Gasteiger partial charge in [-0.2, -0.15) is 0 Å². The molecule has 0 aliphatic rings. The van der Waals surface area contributed by atoms with E-state index in [1.807, 2.05) is 54.6 Å². The van der Waals surface area contributed by atoms with Gasteiger partial charge >= 0.3 is 0 Å². The molecule has 0 bridgehead atoms. The van der Waals surface area contributed by atoms with Crippen molar-refractivity contribution >= 4 is 5.91 Å².